The van der Waals surface area contributed by atoms with Crippen molar-refractivity contribution in [3.05, 3.63) is 35.4 Å². The Morgan fingerprint density at radius 3 is 3.00 bits per heavy atom. The largest absolute Gasteiger partial charge is 0.376 e. The Morgan fingerprint density at radius 2 is 2.11 bits per heavy atom. The molecule has 0 aromatic heterocycles. The zero-order valence-corrected chi connectivity index (χ0v) is 11.9. The SMILES string of the molecule is CC1NCCCC1OCC1CCCc2ccccc21. The number of rotatable bonds is 3. The predicted molar refractivity (Wildman–Crippen MR) is 78.6 cm³/mol. The number of hydrogen-bond acceptors (Lipinski definition) is 2. The molecule has 1 aliphatic carbocycles. The van der Waals surface area contributed by atoms with Crippen LogP contribution in [0.15, 0.2) is 24.3 Å². The van der Waals surface area contributed by atoms with Crippen LogP contribution in [0.25, 0.3) is 0 Å². The summed E-state index contributed by atoms with van der Waals surface area (Å²) in [5.41, 5.74) is 3.07. The van der Waals surface area contributed by atoms with Crippen molar-refractivity contribution in [2.75, 3.05) is 13.2 Å². The molecule has 1 fully saturated rings. The van der Waals surface area contributed by atoms with Crippen LogP contribution in [0.4, 0.5) is 0 Å². The molecule has 19 heavy (non-hydrogen) atoms. The number of ether oxygens (including phenoxy) is 1. The highest BCUT2D eigenvalue weighted by Crippen LogP contribution is 2.32. The van der Waals surface area contributed by atoms with E-state index in [-0.39, 0.29) is 0 Å². The maximum atomic E-state index is 6.23. The van der Waals surface area contributed by atoms with Gasteiger partial charge in [0.2, 0.25) is 0 Å². The first-order chi connectivity index (χ1) is 9.34. The van der Waals surface area contributed by atoms with Gasteiger partial charge in [-0.2, -0.15) is 0 Å². The van der Waals surface area contributed by atoms with Crippen molar-refractivity contribution < 1.29 is 4.74 Å². The summed E-state index contributed by atoms with van der Waals surface area (Å²) >= 11 is 0. The van der Waals surface area contributed by atoms with Crippen LogP contribution in [0.2, 0.25) is 0 Å². The normalized spacial score (nSPS) is 30.9. The summed E-state index contributed by atoms with van der Waals surface area (Å²) in [5.74, 6) is 0.610. The monoisotopic (exact) mass is 259 g/mol. The molecule has 0 radical (unpaired) electrons. The quantitative estimate of drug-likeness (QED) is 0.899. The molecule has 0 saturated carbocycles. The van der Waals surface area contributed by atoms with Crippen LogP contribution in [-0.2, 0) is 11.2 Å². The van der Waals surface area contributed by atoms with Crippen molar-refractivity contribution in [2.45, 2.75) is 57.1 Å². The third-order valence-corrected chi connectivity index (χ3v) is 4.69. The van der Waals surface area contributed by atoms with Crippen LogP contribution in [0.1, 0.15) is 49.7 Å². The molecule has 0 amide bonds. The minimum absolute atomic E-state index is 0.405. The fraction of sp³-hybridized carbons (Fsp3) is 0.647. The van der Waals surface area contributed by atoms with E-state index in [0.29, 0.717) is 18.1 Å². The van der Waals surface area contributed by atoms with E-state index in [0.717, 1.165) is 13.2 Å². The van der Waals surface area contributed by atoms with Crippen molar-refractivity contribution in [1.82, 2.24) is 5.32 Å². The lowest BCUT2D eigenvalue weighted by Gasteiger charge is -2.32. The minimum Gasteiger partial charge on any atom is -0.376 e. The first-order valence-corrected chi connectivity index (χ1v) is 7.77. The number of hydrogen-bond donors (Lipinski definition) is 1. The maximum Gasteiger partial charge on any atom is 0.0726 e. The lowest BCUT2D eigenvalue weighted by atomic mass is 9.83. The van der Waals surface area contributed by atoms with Crippen LogP contribution >= 0.6 is 0 Å². The second-order valence-electron chi connectivity index (χ2n) is 6.04. The molecule has 1 aromatic carbocycles. The van der Waals surface area contributed by atoms with Gasteiger partial charge in [-0.25, -0.2) is 0 Å². The van der Waals surface area contributed by atoms with Crippen molar-refractivity contribution in [3.63, 3.8) is 0 Å². The zero-order valence-electron chi connectivity index (χ0n) is 11.9. The van der Waals surface area contributed by atoms with Gasteiger partial charge in [-0.05, 0) is 56.7 Å². The molecule has 1 aliphatic heterocycles. The van der Waals surface area contributed by atoms with Crippen molar-refractivity contribution in [1.29, 1.82) is 0 Å². The van der Waals surface area contributed by atoms with Gasteiger partial charge in [0.25, 0.3) is 0 Å². The van der Waals surface area contributed by atoms with Crippen LogP contribution in [0.5, 0.6) is 0 Å². The van der Waals surface area contributed by atoms with Crippen molar-refractivity contribution >= 4 is 0 Å². The molecule has 1 saturated heterocycles. The summed E-state index contributed by atoms with van der Waals surface area (Å²) in [7, 11) is 0. The van der Waals surface area contributed by atoms with E-state index in [4.69, 9.17) is 4.74 Å². The van der Waals surface area contributed by atoms with Crippen LogP contribution in [-0.4, -0.2) is 25.3 Å². The highest BCUT2D eigenvalue weighted by Gasteiger charge is 2.25. The highest BCUT2D eigenvalue weighted by molar-refractivity contribution is 5.32. The molecular weight excluding hydrogens is 234 g/mol. The van der Waals surface area contributed by atoms with E-state index in [1.165, 1.54) is 43.2 Å². The summed E-state index contributed by atoms with van der Waals surface area (Å²) in [6.45, 7) is 4.29. The van der Waals surface area contributed by atoms with Gasteiger partial charge in [0, 0.05) is 12.0 Å². The molecule has 2 aliphatic rings. The number of fused-ring (bicyclic) bond motifs is 1. The molecule has 1 heterocycles. The molecule has 3 rings (SSSR count). The predicted octanol–water partition coefficient (Wildman–Crippen LogP) is 3.26. The number of nitrogens with one attached hydrogen (secondary N) is 1. The van der Waals surface area contributed by atoms with E-state index in [1.807, 2.05) is 0 Å². The summed E-state index contributed by atoms with van der Waals surface area (Å²) in [6, 6.07) is 9.42. The smallest absolute Gasteiger partial charge is 0.0726 e. The third kappa shape index (κ3) is 3.01. The van der Waals surface area contributed by atoms with E-state index >= 15 is 0 Å². The number of benzene rings is 1. The molecule has 2 heteroatoms. The average Bonchev–Trinajstić information content (AvgIpc) is 2.46. The first-order valence-electron chi connectivity index (χ1n) is 7.77. The third-order valence-electron chi connectivity index (χ3n) is 4.69. The highest BCUT2D eigenvalue weighted by atomic mass is 16.5. The van der Waals surface area contributed by atoms with Gasteiger partial charge in [0.05, 0.1) is 12.7 Å². The standard InChI is InChI=1S/C17H25NO/c1-13-17(10-5-11-18-13)19-12-15-8-4-7-14-6-2-3-9-16(14)15/h2-3,6,9,13,15,17-18H,4-5,7-8,10-12H2,1H3. The lowest BCUT2D eigenvalue weighted by Crippen LogP contribution is -2.44. The molecule has 3 atom stereocenters. The molecule has 0 spiro atoms. The van der Waals surface area contributed by atoms with Gasteiger partial charge < -0.3 is 10.1 Å². The maximum absolute atomic E-state index is 6.23. The Kier molecular flexibility index (Phi) is 4.19. The van der Waals surface area contributed by atoms with Gasteiger partial charge in [-0.1, -0.05) is 24.3 Å². The van der Waals surface area contributed by atoms with Gasteiger partial charge >= 0.3 is 0 Å². The summed E-state index contributed by atoms with van der Waals surface area (Å²) in [5, 5.41) is 3.51. The Balaban J connectivity index is 1.61. The van der Waals surface area contributed by atoms with Gasteiger partial charge in [-0.3, -0.25) is 0 Å². The number of piperidine rings is 1. The molecular formula is C17H25NO. The molecule has 3 unspecified atom stereocenters. The second kappa shape index (κ2) is 6.06. The second-order valence-corrected chi connectivity index (χ2v) is 6.04. The Bertz CT molecular complexity index is 417. The minimum atomic E-state index is 0.405. The lowest BCUT2D eigenvalue weighted by molar-refractivity contribution is 0.00320. The number of aryl methyl sites for hydroxylation is 1. The fourth-order valence-electron chi connectivity index (χ4n) is 3.51. The van der Waals surface area contributed by atoms with Crippen molar-refractivity contribution in [2.24, 2.45) is 0 Å². The Hall–Kier alpha value is -0.860. The van der Waals surface area contributed by atoms with E-state index in [1.54, 1.807) is 0 Å². The van der Waals surface area contributed by atoms with E-state index in [9.17, 15) is 0 Å². The molecule has 104 valence electrons. The van der Waals surface area contributed by atoms with Gasteiger partial charge in [-0.15, -0.1) is 0 Å². The Morgan fingerprint density at radius 1 is 1.21 bits per heavy atom. The molecule has 1 N–H and O–H groups in total. The fourth-order valence-corrected chi connectivity index (χ4v) is 3.51. The summed E-state index contributed by atoms with van der Waals surface area (Å²) in [6.07, 6.45) is 6.70. The molecule has 1 aromatic rings. The zero-order chi connectivity index (χ0) is 13.1. The summed E-state index contributed by atoms with van der Waals surface area (Å²) < 4.78 is 6.23. The molecule has 0 bridgehead atoms. The van der Waals surface area contributed by atoms with Crippen LogP contribution in [0.3, 0.4) is 0 Å². The molecule has 2 nitrogen and oxygen atoms in total. The van der Waals surface area contributed by atoms with Crippen molar-refractivity contribution in [3.8, 4) is 0 Å². The van der Waals surface area contributed by atoms with Crippen LogP contribution < -0.4 is 5.32 Å². The van der Waals surface area contributed by atoms with Gasteiger partial charge in [0.15, 0.2) is 0 Å². The van der Waals surface area contributed by atoms with Crippen LogP contribution in [0, 0.1) is 0 Å². The van der Waals surface area contributed by atoms with E-state index in [2.05, 4.69) is 36.5 Å². The average molecular weight is 259 g/mol. The summed E-state index contributed by atoms with van der Waals surface area (Å²) in [4.78, 5) is 0. The Labute approximate surface area is 116 Å². The van der Waals surface area contributed by atoms with E-state index < -0.39 is 0 Å². The van der Waals surface area contributed by atoms with Gasteiger partial charge in [0.1, 0.15) is 0 Å². The first kappa shape index (κ1) is 13.1. The topological polar surface area (TPSA) is 21.3 Å².